The van der Waals surface area contributed by atoms with Gasteiger partial charge in [0.15, 0.2) is 5.71 Å². The molecule has 0 saturated carbocycles. The summed E-state index contributed by atoms with van der Waals surface area (Å²) in [6.07, 6.45) is 7.35. The van der Waals surface area contributed by atoms with Crippen LogP contribution in [0.2, 0.25) is 0 Å². The van der Waals surface area contributed by atoms with Gasteiger partial charge in [-0.1, -0.05) is 44.1 Å². The number of fused-ring (bicyclic) bond motifs is 2. The van der Waals surface area contributed by atoms with Crippen molar-refractivity contribution in [2.24, 2.45) is 0 Å². The van der Waals surface area contributed by atoms with E-state index in [2.05, 4.69) is 9.37 Å². The molecule has 0 fully saturated rings. The zero-order chi connectivity index (χ0) is 36.4. The van der Waals surface area contributed by atoms with Crippen LogP contribution in [0.4, 0.5) is 5.69 Å². The van der Waals surface area contributed by atoms with Crippen LogP contribution in [0.15, 0.2) is 70.0 Å². The second-order valence-corrected chi connectivity index (χ2v) is 18.3. The maximum atomic E-state index is 11.9. The van der Waals surface area contributed by atoms with Crippen molar-refractivity contribution in [1.82, 2.24) is 0 Å². The Morgan fingerprint density at radius 3 is 2.00 bits per heavy atom. The molecule has 1 heterocycles. The van der Waals surface area contributed by atoms with Crippen molar-refractivity contribution in [1.29, 1.82) is 0 Å². The quantitative estimate of drug-likeness (QED) is 0.0295. The summed E-state index contributed by atoms with van der Waals surface area (Å²) >= 11 is 0.755. The third kappa shape index (κ3) is 12.8. The summed E-state index contributed by atoms with van der Waals surface area (Å²) in [4.78, 5) is 0.267. The fourth-order valence-electron chi connectivity index (χ4n) is 6.85. The molecule has 0 N–H and O–H groups in total. The number of allylic oxidation sites excluding steroid dienone is 4. The molecule has 1 aliphatic carbocycles. The second-order valence-electron chi connectivity index (χ2n) is 13.1. The minimum absolute atomic E-state index is 0. The number of unbranched alkanes of at least 4 members (excludes halogenated alkanes) is 2. The van der Waals surface area contributed by atoms with Crippen molar-refractivity contribution in [3.8, 4) is 0 Å². The Bertz CT molecular complexity index is 2010. The van der Waals surface area contributed by atoms with Crippen LogP contribution in [0.5, 0.6) is 0 Å². The van der Waals surface area contributed by atoms with Gasteiger partial charge in [-0.25, -0.2) is 25.3 Å². The van der Waals surface area contributed by atoms with E-state index in [4.69, 9.17) is 0 Å². The molecule has 0 amide bonds. The third-order valence-corrected chi connectivity index (χ3v) is 12.2. The molecule has 20 heteroatoms. The molecule has 1 unspecified atom stereocenters. The van der Waals surface area contributed by atoms with E-state index in [1.807, 2.05) is 62.6 Å². The molecule has 0 bridgehead atoms. The molecular formula is C32H38NNa3O12S4. The summed E-state index contributed by atoms with van der Waals surface area (Å²) in [7, 11) is -13.5. The molecular weight excluding hydrogens is 788 g/mol. The Labute approximate surface area is 377 Å². The smallest absolute Gasteiger partial charge is 0.748 e. The monoisotopic (exact) mass is 825 g/mol. The summed E-state index contributed by atoms with van der Waals surface area (Å²) in [6, 6.07) is 9.76. The first-order valence-corrected chi connectivity index (χ1v) is 20.8. The van der Waals surface area contributed by atoms with Crippen LogP contribution in [-0.4, -0.2) is 67.2 Å². The molecule has 270 valence electrons. The van der Waals surface area contributed by atoms with Crippen molar-refractivity contribution >= 4 is 53.8 Å². The number of hydrogen-bond acceptors (Lipinski definition) is 13. The maximum absolute atomic E-state index is 11.9. The molecule has 52 heavy (non-hydrogen) atoms. The van der Waals surface area contributed by atoms with Crippen LogP contribution in [0, 0.1) is 0 Å². The van der Waals surface area contributed by atoms with Crippen LogP contribution in [0.1, 0.15) is 82.4 Å². The number of benzene rings is 2. The van der Waals surface area contributed by atoms with Crippen molar-refractivity contribution < 1.29 is 147 Å². The standard InChI is InChI=1S/C32H41NO12S4.3Na/c1-31(2)26(24(10-5-7-18-47(35,36)37)25-15-14-23(21-27(25)31)49(41,42)43)11-9-12-30-32(3,4)28-20-22(46-45-44-34)13-16-29(28)33(30)17-6-8-19-48(38,39)40;;;/h9,11-16,20-21,24H,5-8,10,17-19H2,1-4H3,(H3-,34,35,36,37,38,39,40,41,42,43);;;/q;3*+1/p-3. The average molecular weight is 826 g/mol. The van der Waals surface area contributed by atoms with E-state index in [0.29, 0.717) is 36.3 Å². The predicted octanol–water partition coefficient (Wildman–Crippen LogP) is -5.19. The van der Waals surface area contributed by atoms with E-state index in [0.717, 1.165) is 40.1 Å². The van der Waals surface area contributed by atoms with Crippen LogP contribution in [0.25, 0.3) is 0 Å². The molecule has 1 atom stereocenters. The summed E-state index contributed by atoms with van der Waals surface area (Å²) < 4.78 is 109. The summed E-state index contributed by atoms with van der Waals surface area (Å²) in [5.41, 5.74) is 3.69. The number of nitrogens with zero attached hydrogens (tertiary/aromatic N) is 1. The van der Waals surface area contributed by atoms with Crippen LogP contribution < -0.4 is 93.9 Å². The van der Waals surface area contributed by atoms with Crippen molar-refractivity contribution in [3.05, 3.63) is 76.9 Å². The molecule has 0 spiro atoms. The van der Waals surface area contributed by atoms with Gasteiger partial charge in [-0.05, 0) is 68.5 Å². The number of rotatable bonds is 16. The topological polar surface area (TPSA) is 216 Å². The van der Waals surface area contributed by atoms with Gasteiger partial charge in [0.1, 0.15) is 16.7 Å². The van der Waals surface area contributed by atoms with Gasteiger partial charge in [-0.15, -0.1) is 0 Å². The Balaban J connectivity index is 0.00000451. The van der Waals surface area contributed by atoms with Gasteiger partial charge in [0.2, 0.25) is 5.69 Å². The molecule has 0 aromatic heterocycles. The third-order valence-electron chi connectivity index (χ3n) is 9.17. The van der Waals surface area contributed by atoms with Gasteiger partial charge in [0, 0.05) is 51.9 Å². The predicted molar refractivity (Wildman–Crippen MR) is 177 cm³/mol. The molecule has 13 nitrogen and oxygen atoms in total. The first kappa shape index (κ1) is 50.6. The van der Waals surface area contributed by atoms with Crippen LogP contribution >= 0.6 is 12.0 Å². The summed E-state index contributed by atoms with van der Waals surface area (Å²) in [6.45, 7) is 8.26. The van der Waals surface area contributed by atoms with E-state index in [9.17, 15) is 44.2 Å². The van der Waals surface area contributed by atoms with E-state index in [-0.39, 0.29) is 112 Å². The average Bonchev–Trinajstić information content (AvgIpc) is 3.33. The fourth-order valence-corrected chi connectivity index (χ4v) is 8.86. The van der Waals surface area contributed by atoms with Gasteiger partial charge in [-0.2, -0.15) is 8.91 Å². The van der Waals surface area contributed by atoms with E-state index >= 15 is 0 Å². The second kappa shape index (κ2) is 20.3. The van der Waals surface area contributed by atoms with Gasteiger partial charge in [0.25, 0.3) is 0 Å². The van der Waals surface area contributed by atoms with Gasteiger partial charge in [-0.3, -0.25) is 5.04 Å². The van der Waals surface area contributed by atoms with Crippen molar-refractivity contribution in [3.63, 3.8) is 0 Å². The Hall–Kier alpha value is 0.550. The maximum Gasteiger partial charge on any atom is 1.00 e. The molecule has 4 rings (SSSR count). The molecule has 0 radical (unpaired) electrons. The largest absolute Gasteiger partial charge is 1.00 e. The van der Waals surface area contributed by atoms with Gasteiger partial charge in [0.05, 0.1) is 42.6 Å². The number of hydrogen-bond donors (Lipinski definition) is 0. The van der Waals surface area contributed by atoms with Crippen molar-refractivity contribution in [2.75, 3.05) is 18.1 Å². The van der Waals surface area contributed by atoms with Crippen LogP contribution in [-0.2, 0) is 50.6 Å². The molecule has 2 aromatic carbocycles. The molecule has 2 aliphatic rings. The normalized spacial score (nSPS) is 18.5. The van der Waals surface area contributed by atoms with Crippen LogP contribution in [0.3, 0.4) is 0 Å². The fraction of sp³-hybridized carbons (Fsp3) is 0.469. The van der Waals surface area contributed by atoms with E-state index in [1.165, 1.54) is 12.1 Å². The first-order chi connectivity index (χ1) is 22.7. The first-order valence-electron chi connectivity index (χ1n) is 15.5. The molecule has 2 aromatic rings. The van der Waals surface area contributed by atoms with E-state index in [1.54, 1.807) is 12.1 Å². The Kier molecular flexibility index (Phi) is 19.7. The molecule has 1 aliphatic heterocycles. The summed E-state index contributed by atoms with van der Waals surface area (Å²) in [5, 5.41) is 13.9. The van der Waals surface area contributed by atoms with Gasteiger partial charge < -0.3 is 18.9 Å². The minimum Gasteiger partial charge on any atom is -0.748 e. The summed E-state index contributed by atoms with van der Waals surface area (Å²) in [5.74, 6) is -1.23. The molecule has 0 saturated heterocycles. The Morgan fingerprint density at radius 1 is 0.808 bits per heavy atom. The zero-order valence-electron chi connectivity index (χ0n) is 30.4. The van der Waals surface area contributed by atoms with Crippen molar-refractivity contribution in [2.45, 2.75) is 86.3 Å². The van der Waals surface area contributed by atoms with Gasteiger partial charge >= 0.3 is 88.7 Å². The Morgan fingerprint density at radius 2 is 1.42 bits per heavy atom. The SMILES string of the molecule is CC1(C)C(=CC=CC2=[N+](CCCCS(=O)(=O)[O-])c3ccc(SOO[O-])cc3C2(C)C)C(CCCCS(=O)(=O)[O-])c2ccc(S(=O)(=O)[O-])cc21.[Na+].[Na+].[Na+]. The minimum atomic E-state index is -4.72. The zero-order valence-corrected chi connectivity index (χ0v) is 39.7. The van der Waals surface area contributed by atoms with E-state index < -0.39 is 52.7 Å².